The normalized spacial score (nSPS) is 11.6. The number of aromatic amines is 1. The van der Waals surface area contributed by atoms with Crippen molar-refractivity contribution in [3.8, 4) is 0 Å². The van der Waals surface area contributed by atoms with Crippen molar-refractivity contribution in [2.75, 3.05) is 0 Å². The number of amidine groups is 1. The molecule has 3 N–H and O–H groups in total. The minimum absolute atomic E-state index is 0.534. The summed E-state index contributed by atoms with van der Waals surface area (Å²) in [6.07, 6.45) is 4.30. The molecule has 1 aromatic heterocycles. The Bertz CT molecular complexity index is 792. The molecule has 2 aromatic carbocycles. The Morgan fingerprint density at radius 1 is 1.13 bits per heavy atom. The van der Waals surface area contributed by atoms with E-state index in [4.69, 9.17) is 17.3 Å². The second kappa shape index (κ2) is 7.11. The van der Waals surface area contributed by atoms with Gasteiger partial charge in [0, 0.05) is 28.9 Å². The van der Waals surface area contributed by atoms with Crippen LogP contribution in [0.3, 0.4) is 0 Å². The number of imidazole rings is 1. The van der Waals surface area contributed by atoms with E-state index in [9.17, 15) is 0 Å². The maximum Gasteiger partial charge on any atom is 0.125 e. The van der Waals surface area contributed by atoms with Gasteiger partial charge in [-0.3, -0.25) is 4.99 Å². The second-order valence-corrected chi connectivity index (χ2v) is 5.72. The summed E-state index contributed by atoms with van der Waals surface area (Å²) in [4.78, 5) is 11.6. The third-order valence-corrected chi connectivity index (χ3v) is 3.77. The van der Waals surface area contributed by atoms with Gasteiger partial charge in [0.25, 0.3) is 0 Å². The lowest BCUT2D eigenvalue weighted by atomic mass is 10.1. The number of halogens is 1. The fourth-order valence-corrected chi connectivity index (χ4v) is 2.43. The Hall–Kier alpha value is -2.59. The maximum absolute atomic E-state index is 6.12. The number of benzene rings is 2. The molecule has 0 saturated carbocycles. The molecule has 0 amide bonds. The van der Waals surface area contributed by atoms with Gasteiger partial charge in [0.1, 0.15) is 5.84 Å². The highest BCUT2D eigenvalue weighted by Gasteiger charge is 2.02. The molecule has 1 heterocycles. The highest BCUT2D eigenvalue weighted by Crippen LogP contribution is 2.12. The number of nitrogens with one attached hydrogen (secondary N) is 1. The van der Waals surface area contributed by atoms with E-state index in [1.165, 1.54) is 0 Å². The van der Waals surface area contributed by atoms with E-state index in [0.717, 1.165) is 33.8 Å². The molecule has 0 radical (unpaired) electrons. The van der Waals surface area contributed by atoms with Crippen molar-refractivity contribution in [2.24, 2.45) is 10.7 Å². The lowest BCUT2D eigenvalue weighted by Gasteiger charge is -2.05. The third kappa shape index (κ3) is 4.20. The number of aliphatic imine (C=N–C) groups is 1. The van der Waals surface area contributed by atoms with E-state index >= 15 is 0 Å². The molecule has 0 aliphatic heterocycles. The van der Waals surface area contributed by atoms with Crippen molar-refractivity contribution in [1.82, 2.24) is 9.97 Å². The molecule has 0 aliphatic carbocycles. The van der Waals surface area contributed by atoms with E-state index in [-0.39, 0.29) is 0 Å². The average molecular weight is 325 g/mol. The van der Waals surface area contributed by atoms with Crippen LogP contribution in [0, 0.1) is 0 Å². The van der Waals surface area contributed by atoms with Gasteiger partial charge < -0.3 is 10.7 Å². The molecule has 0 spiro atoms. The lowest BCUT2D eigenvalue weighted by Crippen LogP contribution is -2.14. The summed E-state index contributed by atoms with van der Waals surface area (Å²) in [5.41, 5.74) is 10.4. The molecule has 0 aliphatic rings. The van der Waals surface area contributed by atoms with Crippen molar-refractivity contribution in [1.29, 1.82) is 0 Å². The zero-order chi connectivity index (χ0) is 16.1. The van der Waals surface area contributed by atoms with Crippen LogP contribution in [0.4, 0.5) is 0 Å². The Morgan fingerprint density at radius 2 is 1.96 bits per heavy atom. The van der Waals surface area contributed by atoms with Crippen LogP contribution in [0.15, 0.2) is 66.0 Å². The number of rotatable bonds is 5. The number of hydrogen-bond acceptors (Lipinski definition) is 2. The first kappa shape index (κ1) is 15.3. The first-order valence-corrected chi connectivity index (χ1v) is 7.69. The predicted molar refractivity (Wildman–Crippen MR) is 93.7 cm³/mol. The van der Waals surface area contributed by atoms with Gasteiger partial charge in [0.2, 0.25) is 0 Å². The molecule has 3 rings (SSSR count). The van der Waals surface area contributed by atoms with Crippen LogP contribution >= 0.6 is 11.6 Å². The van der Waals surface area contributed by atoms with Crippen LogP contribution in [0.2, 0.25) is 5.02 Å². The minimum atomic E-state index is 0.534. The van der Waals surface area contributed by atoms with Crippen molar-refractivity contribution < 1.29 is 0 Å². The standard InChI is InChI=1S/C18H17ClN4/c19-16-6-4-13(5-7-16)10-22-18(20)15-3-1-2-14(8-15)9-17-11-21-12-23-17/h1-8,11-12H,9-10H2,(H2,20,22)(H,21,23). The van der Waals surface area contributed by atoms with E-state index in [0.29, 0.717) is 12.4 Å². The highest BCUT2D eigenvalue weighted by atomic mass is 35.5. The van der Waals surface area contributed by atoms with Crippen molar-refractivity contribution in [3.05, 3.63) is 88.5 Å². The van der Waals surface area contributed by atoms with Gasteiger partial charge in [0.15, 0.2) is 0 Å². The van der Waals surface area contributed by atoms with Crippen LogP contribution in [0.1, 0.15) is 22.4 Å². The summed E-state index contributed by atoms with van der Waals surface area (Å²) in [5.74, 6) is 0.534. The topological polar surface area (TPSA) is 67.1 Å². The van der Waals surface area contributed by atoms with Gasteiger partial charge in [0.05, 0.1) is 12.9 Å². The van der Waals surface area contributed by atoms with Gasteiger partial charge in [-0.25, -0.2) is 4.98 Å². The van der Waals surface area contributed by atoms with Crippen LogP contribution in [0.25, 0.3) is 0 Å². The molecule has 0 fully saturated rings. The molecule has 0 saturated heterocycles. The number of nitrogens with two attached hydrogens (primary N) is 1. The number of hydrogen-bond donors (Lipinski definition) is 2. The van der Waals surface area contributed by atoms with E-state index in [1.807, 2.05) is 42.6 Å². The van der Waals surface area contributed by atoms with E-state index in [1.54, 1.807) is 6.33 Å². The lowest BCUT2D eigenvalue weighted by molar-refractivity contribution is 1.06. The molecule has 23 heavy (non-hydrogen) atoms. The maximum atomic E-state index is 6.12. The highest BCUT2D eigenvalue weighted by molar-refractivity contribution is 6.30. The predicted octanol–water partition coefficient (Wildman–Crippen LogP) is 3.56. The van der Waals surface area contributed by atoms with Crippen LogP contribution in [-0.4, -0.2) is 15.8 Å². The molecule has 0 atom stereocenters. The van der Waals surface area contributed by atoms with Gasteiger partial charge in [-0.1, -0.05) is 41.9 Å². The average Bonchev–Trinajstić information content (AvgIpc) is 3.07. The van der Waals surface area contributed by atoms with Crippen LogP contribution in [-0.2, 0) is 13.0 Å². The van der Waals surface area contributed by atoms with Crippen molar-refractivity contribution in [3.63, 3.8) is 0 Å². The summed E-state index contributed by atoms with van der Waals surface area (Å²) in [7, 11) is 0. The first-order valence-electron chi connectivity index (χ1n) is 7.31. The molecule has 116 valence electrons. The summed E-state index contributed by atoms with van der Waals surface area (Å²) in [5, 5.41) is 0.720. The second-order valence-electron chi connectivity index (χ2n) is 5.28. The molecular formula is C18H17ClN4. The van der Waals surface area contributed by atoms with Crippen molar-refractivity contribution in [2.45, 2.75) is 13.0 Å². The molecule has 3 aromatic rings. The number of aromatic nitrogens is 2. The minimum Gasteiger partial charge on any atom is -0.383 e. The van der Waals surface area contributed by atoms with Gasteiger partial charge in [-0.15, -0.1) is 0 Å². The Labute approximate surface area is 140 Å². The first-order chi connectivity index (χ1) is 11.2. The summed E-state index contributed by atoms with van der Waals surface area (Å²) in [6, 6.07) is 15.7. The molecule has 0 unspecified atom stereocenters. The fourth-order valence-electron chi connectivity index (χ4n) is 2.30. The van der Waals surface area contributed by atoms with Gasteiger partial charge in [-0.2, -0.15) is 0 Å². The molecule has 5 heteroatoms. The SMILES string of the molecule is NC(=NCc1ccc(Cl)cc1)c1cccc(Cc2cnc[nH]2)c1. The monoisotopic (exact) mass is 324 g/mol. The van der Waals surface area contributed by atoms with Gasteiger partial charge >= 0.3 is 0 Å². The van der Waals surface area contributed by atoms with E-state index in [2.05, 4.69) is 27.1 Å². The fraction of sp³-hybridized carbons (Fsp3) is 0.111. The zero-order valence-electron chi connectivity index (χ0n) is 12.5. The Balaban J connectivity index is 1.72. The van der Waals surface area contributed by atoms with Crippen LogP contribution < -0.4 is 5.73 Å². The summed E-state index contributed by atoms with van der Waals surface area (Å²) >= 11 is 5.88. The molecular weight excluding hydrogens is 308 g/mol. The smallest absolute Gasteiger partial charge is 0.125 e. The quantitative estimate of drug-likeness (QED) is 0.556. The largest absolute Gasteiger partial charge is 0.383 e. The Kier molecular flexibility index (Phi) is 4.74. The van der Waals surface area contributed by atoms with Crippen molar-refractivity contribution >= 4 is 17.4 Å². The van der Waals surface area contributed by atoms with Crippen LogP contribution in [0.5, 0.6) is 0 Å². The number of H-pyrrole nitrogens is 1. The summed E-state index contributed by atoms with van der Waals surface area (Å²) in [6.45, 7) is 0.535. The zero-order valence-corrected chi connectivity index (χ0v) is 13.3. The molecule has 4 nitrogen and oxygen atoms in total. The molecule has 0 bridgehead atoms. The third-order valence-electron chi connectivity index (χ3n) is 3.52. The van der Waals surface area contributed by atoms with Gasteiger partial charge in [-0.05, 0) is 29.3 Å². The summed E-state index contributed by atoms with van der Waals surface area (Å²) < 4.78 is 0. The van der Waals surface area contributed by atoms with E-state index < -0.39 is 0 Å². The number of nitrogens with zero attached hydrogens (tertiary/aromatic N) is 2. The Morgan fingerprint density at radius 3 is 2.70 bits per heavy atom.